The highest BCUT2D eigenvalue weighted by Gasteiger charge is 2.31. The maximum absolute atomic E-state index is 12.8. The van der Waals surface area contributed by atoms with E-state index in [1.807, 2.05) is 29.2 Å². The molecule has 0 aliphatic carbocycles. The molecule has 2 aliphatic rings. The van der Waals surface area contributed by atoms with Crippen LogP contribution in [-0.4, -0.2) is 57.8 Å². The van der Waals surface area contributed by atoms with Crippen LogP contribution in [0.15, 0.2) is 24.3 Å². The van der Waals surface area contributed by atoms with Gasteiger partial charge in [0.25, 0.3) is 0 Å². The Kier molecular flexibility index (Phi) is 5.64. The van der Waals surface area contributed by atoms with E-state index in [4.69, 9.17) is 0 Å². The first-order chi connectivity index (χ1) is 13.6. The van der Waals surface area contributed by atoms with Crippen molar-refractivity contribution in [1.29, 1.82) is 0 Å². The number of likely N-dealkylation sites (tertiary alicyclic amines) is 2. The molecule has 2 saturated heterocycles. The number of rotatable bonds is 4. The molecule has 1 unspecified atom stereocenters. The van der Waals surface area contributed by atoms with E-state index in [9.17, 15) is 9.59 Å². The summed E-state index contributed by atoms with van der Waals surface area (Å²) in [5, 5.41) is 0. The predicted molar refractivity (Wildman–Crippen MR) is 109 cm³/mol. The largest absolute Gasteiger partial charge is 0.343 e. The zero-order chi connectivity index (χ0) is 19.5. The second-order valence-corrected chi connectivity index (χ2v) is 8.39. The third-order valence-corrected chi connectivity index (χ3v) is 6.18. The quantitative estimate of drug-likeness (QED) is 0.884. The van der Waals surface area contributed by atoms with Crippen LogP contribution >= 0.6 is 0 Å². The van der Waals surface area contributed by atoms with Crippen molar-refractivity contribution < 1.29 is 9.59 Å². The fourth-order valence-electron chi connectivity index (χ4n) is 4.53. The van der Waals surface area contributed by atoms with Crippen LogP contribution in [0.3, 0.4) is 0 Å². The number of para-hydroxylation sites is 2. The van der Waals surface area contributed by atoms with E-state index in [1.54, 1.807) is 0 Å². The summed E-state index contributed by atoms with van der Waals surface area (Å²) in [6, 6.07) is 7.92. The van der Waals surface area contributed by atoms with Crippen LogP contribution in [0.4, 0.5) is 0 Å². The van der Waals surface area contributed by atoms with Gasteiger partial charge in [-0.05, 0) is 43.7 Å². The third kappa shape index (κ3) is 4.21. The topological polar surface area (TPSA) is 69.3 Å². The summed E-state index contributed by atoms with van der Waals surface area (Å²) in [6.07, 6.45) is 5.01. The van der Waals surface area contributed by atoms with Gasteiger partial charge in [0, 0.05) is 44.9 Å². The molecule has 0 spiro atoms. The Morgan fingerprint density at radius 1 is 1.11 bits per heavy atom. The van der Waals surface area contributed by atoms with Crippen LogP contribution in [0, 0.1) is 11.8 Å². The molecule has 2 aromatic rings. The van der Waals surface area contributed by atoms with Gasteiger partial charge in [-0.15, -0.1) is 0 Å². The van der Waals surface area contributed by atoms with Gasteiger partial charge >= 0.3 is 0 Å². The predicted octanol–water partition coefficient (Wildman–Crippen LogP) is 2.99. The highest BCUT2D eigenvalue weighted by Crippen LogP contribution is 2.24. The highest BCUT2D eigenvalue weighted by atomic mass is 16.2. The van der Waals surface area contributed by atoms with E-state index in [0.717, 1.165) is 49.2 Å². The van der Waals surface area contributed by atoms with E-state index in [0.29, 0.717) is 37.8 Å². The number of fused-ring (bicyclic) bond motifs is 1. The molecular formula is C22H30N4O2. The molecule has 1 aromatic carbocycles. The van der Waals surface area contributed by atoms with Crippen LogP contribution in [0.5, 0.6) is 0 Å². The lowest BCUT2D eigenvalue weighted by atomic mass is 9.92. The summed E-state index contributed by atoms with van der Waals surface area (Å²) >= 11 is 0. The minimum Gasteiger partial charge on any atom is -0.343 e. The summed E-state index contributed by atoms with van der Waals surface area (Å²) < 4.78 is 0. The van der Waals surface area contributed by atoms with Gasteiger partial charge in [0.2, 0.25) is 11.8 Å². The van der Waals surface area contributed by atoms with Crippen LogP contribution in [0.2, 0.25) is 0 Å². The van der Waals surface area contributed by atoms with Crippen molar-refractivity contribution in [1.82, 2.24) is 19.8 Å². The highest BCUT2D eigenvalue weighted by molar-refractivity contribution is 5.80. The Bertz CT molecular complexity index is 805. The van der Waals surface area contributed by atoms with Gasteiger partial charge in [0.15, 0.2) is 0 Å². The van der Waals surface area contributed by atoms with Crippen LogP contribution in [0.1, 0.15) is 44.9 Å². The lowest BCUT2D eigenvalue weighted by Crippen LogP contribution is -2.47. The van der Waals surface area contributed by atoms with Crippen molar-refractivity contribution in [3.8, 4) is 0 Å². The van der Waals surface area contributed by atoms with Gasteiger partial charge in [0.05, 0.1) is 11.0 Å². The number of hydrogen-bond acceptors (Lipinski definition) is 3. The molecule has 0 bridgehead atoms. The average molecular weight is 383 g/mol. The monoisotopic (exact) mass is 382 g/mol. The second kappa shape index (κ2) is 8.33. The first kappa shape index (κ1) is 19.0. The first-order valence-corrected chi connectivity index (χ1v) is 10.6. The summed E-state index contributed by atoms with van der Waals surface area (Å²) in [7, 11) is 0. The van der Waals surface area contributed by atoms with Gasteiger partial charge in [-0.2, -0.15) is 0 Å². The fraction of sp³-hybridized carbons (Fsp3) is 0.591. The van der Waals surface area contributed by atoms with E-state index in [2.05, 4.69) is 21.8 Å². The van der Waals surface area contributed by atoms with Crippen molar-refractivity contribution in [2.45, 2.75) is 45.4 Å². The minimum atomic E-state index is 0.0877. The number of nitrogens with one attached hydrogen (secondary N) is 1. The SMILES string of the molecule is CC1CCCN(C(=O)C2CCN(C(=O)CCc3nc4ccccc4[nH]3)CC2)C1. The molecule has 1 N–H and O–H groups in total. The summed E-state index contributed by atoms with van der Waals surface area (Å²) in [6.45, 7) is 5.41. The number of aromatic amines is 1. The molecule has 4 rings (SSSR count). The van der Waals surface area contributed by atoms with Crippen LogP contribution in [-0.2, 0) is 16.0 Å². The number of benzene rings is 1. The Hall–Kier alpha value is -2.37. The molecular weight excluding hydrogens is 352 g/mol. The zero-order valence-electron chi connectivity index (χ0n) is 16.7. The molecule has 3 heterocycles. The normalized spacial score (nSPS) is 21.2. The zero-order valence-corrected chi connectivity index (χ0v) is 16.7. The lowest BCUT2D eigenvalue weighted by Gasteiger charge is -2.37. The smallest absolute Gasteiger partial charge is 0.225 e. The minimum absolute atomic E-state index is 0.0877. The van der Waals surface area contributed by atoms with Crippen molar-refractivity contribution in [3.05, 3.63) is 30.1 Å². The number of carbonyl (C=O) groups is 2. The summed E-state index contributed by atoms with van der Waals surface area (Å²) in [4.78, 5) is 37.2. The number of carbonyl (C=O) groups excluding carboxylic acids is 2. The maximum Gasteiger partial charge on any atom is 0.225 e. The Morgan fingerprint density at radius 2 is 1.89 bits per heavy atom. The number of hydrogen-bond donors (Lipinski definition) is 1. The average Bonchev–Trinajstić information content (AvgIpc) is 3.14. The van der Waals surface area contributed by atoms with Gasteiger partial charge in [-0.25, -0.2) is 4.98 Å². The van der Waals surface area contributed by atoms with Crippen molar-refractivity contribution >= 4 is 22.8 Å². The Balaban J connectivity index is 1.25. The Morgan fingerprint density at radius 3 is 2.64 bits per heavy atom. The van der Waals surface area contributed by atoms with E-state index < -0.39 is 0 Å². The molecule has 2 fully saturated rings. The van der Waals surface area contributed by atoms with Gasteiger partial charge < -0.3 is 14.8 Å². The van der Waals surface area contributed by atoms with Crippen molar-refractivity contribution in [3.63, 3.8) is 0 Å². The molecule has 1 atom stereocenters. The Labute approximate surface area is 166 Å². The number of piperidine rings is 2. The molecule has 0 radical (unpaired) electrons. The molecule has 6 nitrogen and oxygen atoms in total. The molecule has 2 amide bonds. The number of aryl methyl sites for hydroxylation is 1. The molecule has 6 heteroatoms. The van der Waals surface area contributed by atoms with Crippen LogP contribution in [0.25, 0.3) is 11.0 Å². The number of imidazole rings is 1. The van der Waals surface area contributed by atoms with Gasteiger partial charge in [0.1, 0.15) is 5.82 Å². The fourth-order valence-corrected chi connectivity index (χ4v) is 4.53. The van der Waals surface area contributed by atoms with Crippen molar-refractivity contribution in [2.24, 2.45) is 11.8 Å². The molecule has 0 saturated carbocycles. The lowest BCUT2D eigenvalue weighted by molar-refractivity contribution is -0.142. The third-order valence-electron chi connectivity index (χ3n) is 6.18. The molecule has 2 aliphatic heterocycles. The van der Waals surface area contributed by atoms with Gasteiger partial charge in [-0.1, -0.05) is 19.1 Å². The van der Waals surface area contributed by atoms with E-state index in [-0.39, 0.29) is 11.8 Å². The molecule has 1 aromatic heterocycles. The second-order valence-electron chi connectivity index (χ2n) is 8.39. The number of amides is 2. The standard InChI is InChI=1S/C22H30N4O2/c1-16-5-4-12-26(15-16)22(28)17-10-13-25(14-11-17)21(27)9-8-20-23-18-6-2-3-7-19(18)24-20/h2-3,6-7,16-17H,4-5,8-15H2,1H3,(H,23,24). The molecule has 150 valence electrons. The number of nitrogens with zero attached hydrogens (tertiary/aromatic N) is 3. The van der Waals surface area contributed by atoms with Crippen molar-refractivity contribution in [2.75, 3.05) is 26.2 Å². The number of H-pyrrole nitrogens is 1. The van der Waals surface area contributed by atoms with E-state index >= 15 is 0 Å². The first-order valence-electron chi connectivity index (χ1n) is 10.6. The van der Waals surface area contributed by atoms with Gasteiger partial charge in [-0.3, -0.25) is 9.59 Å². The number of aromatic nitrogens is 2. The maximum atomic E-state index is 12.8. The van der Waals surface area contributed by atoms with E-state index in [1.165, 1.54) is 6.42 Å². The summed E-state index contributed by atoms with van der Waals surface area (Å²) in [5.74, 6) is 2.03. The van der Waals surface area contributed by atoms with Crippen LogP contribution < -0.4 is 0 Å². The summed E-state index contributed by atoms with van der Waals surface area (Å²) in [5.41, 5.74) is 1.95. The molecule has 28 heavy (non-hydrogen) atoms.